The van der Waals surface area contributed by atoms with Crippen molar-refractivity contribution in [1.82, 2.24) is 15.5 Å². The fourth-order valence-corrected chi connectivity index (χ4v) is 3.07. The zero-order chi connectivity index (χ0) is 18.9. The number of benzene rings is 1. The number of morpholine rings is 1. The minimum atomic E-state index is -0.427. The van der Waals surface area contributed by atoms with E-state index in [9.17, 15) is 8.78 Å². The van der Waals surface area contributed by atoms with Gasteiger partial charge >= 0.3 is 0 Å². The van der Waals surface area contributed by atoms with Gasteiger partial charge < -0.3 is 15.4 Å². The Kier molecular flexibility index (Phi) is 11.1. The zero-order valence-electron chi connectivity index (χ0n) is 16.3. The van der Waals surface area contributed by atoms with Gasteiger partial charge in [-0.3, -0.25) is 9.89 Å². The minimum Gasteiger partial charge on any atom is -0.374 e. The summed E-state index contributed by atoms with van der Waals surface area (Å²) in [6, 6.07) is 3.51. The molecule has 1 heterocycles. The van der Waals surface area contributed by atoms with Gasteiger partial charge in [0.15, 0.2) is 5.96 Å². The van der Waals surface area contributed by atoms with Crippen molar-refractivity contribution in [2.75, 3.05) is 46.4 Å². The Bertz CT molecular complexity index is 601. The van der Waals surface area contributed by atoms with E-state index < -0.39 is 11.6 Å². The lowest BCUT2D eigenvalue weighted by atomic mass is 10.1. The molecule has 0 radical (unpaired) electrons. The van der Waals surface area contributed by atoms with E-state index in [1.165, 1.54) is 6.07 Å². The van der Waals surface area contributed by atoms with Crippen molar-refractivity contribution >= 4 is 29.9 Å². The summed E-state index contributed by atoms with van der Waals surface area (Å²) < 4.78 is 32.6. The highest BCUT2D eigenvalue weighted by molar-refractivity contribution is 14.0. The molecule has 0 saturated carbocycles. The summed E-state index contributed by atoms with van der Waals surface area (Å²) in [6.45, 7) is 9.24. The first-order chi connectivity index (χ1) is 12.5. The molecule has 1 aliphatic rings. The lowest BCUT2D eigenvalue weighted by Gasteiger charge is -2.34. The van der Waals surface area contributed by atoms with E-state index in [-0.39, 0.29) is 30.1 Å². The lowest BCUT2D eigenvalue weighted by Crippen LogP contribution is -2.50. The first-order valence-electron chi connectivity index (χ1n) is 9.20. The largest absolute Gasteiger partial charge is 0.374 e. The van der Waals surface area contributed by atoms with Gasteiger partial charge in [0.25, 0.3) is 0 Å². The van der Waals surface area contributed by atoms with Crippen LogP contribution < -0.4 is 10.6 Å². The molecule has 1 saturated heterocycles. The molecule has 1 aliphatic heterocycles. The third-order valence-corrected chi connectivity index (χ3v) is 4.26. The van der Waals surface area contributed by atoms with Gasteiger partial charge in [-0.2, -0.15) is 0 Å². The van der Waals surface area contributed by atoms with E-state index in [0.717, 1.165) is 38.4 Å². The third kappa shape index (κ3) is 8.69. The van der Waals surface area contributed by atoms with Crippen molar-refractivity contribution in [3.63, 3.8) is 0 Å². The fraction of sp³-hybridized carbons (Fsp3) is 0.632. The second-order valence-corrected chi connectivity index (χ2v) is 7.01. The van der Waals surface area contributed by atoms with Crippen molar-refractivity contribution in [2.45, 2.75) is 26.4 Å². The van der Waals surface area contributed by atoms with Gasteiger partial charge in [0.05, 0.1) is 12.7 Å². The molecular weight excluding hydrogens is 465 g/mol. The molecule has 0 spiro atoms. The second kappa shape index (κ2) is 12.5. The molecule has 1 unspecified atom stereocenters. The van der Waals surface area contributed by atoms with Gasteiger partial charge in [0, 0.05) is 39.8 Å². The number of nitrogens with zero attached hydrogens (tertiary/aromatic N) is 2. The maximum Gasteiger partial charge on any atom is 0.191 e. The SMILES string of the molecule is CN=C(NCCc1cc(F)ccc1F)NCC1CN(CC(C)C)CCO1.I. The lowest BCUT2D eigenvalue weighted by molar-refractivity contribution is -0.0284. The Morgan fingerprint density at radius 2 is 2.11 bits per heavy atom. The molecular formula is C19H31F2IN4O. The highest BCUT2D eigenvalue weighted by Crippen LogP contribution is 2.10. The quantitative estimate of drug-likeness (QED) is 0.347. The van der Waals surface area contributed by atoms with Crippen LogP contribution in [0.1, 0.15) is 19.4 Å². The molecule has 1 fully saturated rings. The number of halogens is 3. The molecule has 1 aromatic rings. The van der Waals surface area contributed by atoms with Gasteiger partial charge in [-0.05, 0) is 36.1 Å². The molecule has 0 amide bonds. The standard InChI is InChI=1S/C19H30F2N4O.HI/c1-14(2)12-25-8-9-26-17(13-25)11-24-19(22-3)23-7-6-15-10-16(20)4-5-18(15)21;/h4-5,10,14,17H,6-9,11-13H2,1-3H3,(H2,22,23,24);1H. The second-order valence-electron chi connectivity index (χ2n) is 7.01. The topological polar surface area (TPSA) is 48.9 Å². The van der Waals surface area contributed by atoms with Crippen LogP contribution in [0.2, 0.25) is 0 Å². The minimum absolute atomic E-state index is 0. The summed E-state index contributed by atoms with van der Waals surface area (Å²) in [5.74, 6) is 0.451. The Balaban J connectivity index is 0.00000364. The van der Waals surface area contributed by atoms with E-state index in [1.54, 1.807) is 7.05 Å². The summed E-state index contributed by atoms with van der Waals surface area (Å²) in [4.78, 5) is 6.59. The maximum atomic E-state index is 13.6. The molecule has 1 aromatic carbocycles. The normalized spacial score (nSPS) is 18.3. The van der Waals surface area contributed by atoms with Crippen molar-refractivity contribution < 1.29 is 13.5 Å². The number of hydrogen-bond acceptors (Lipinski definition) is 3. The van der Waals surface area contributed by atoms with Crippen LogP contribution in [0.25, 0.3) is 0 Å². The van der Waals surface area contributed by atoms with Crippen LogP contribution in [-0.2, 0) is 11.2 Å². The van der Waals surface area contributed by atoms with Crippen molar-refractivity contribution in [1.29, 1.82) is 0 Å². The number of aliphatic imine (C=N–C) groups is 1. The number of hydrogen-bond donors (Lipinski definition) is 2. The Labute approximate surface area is 178 Å². The van der Waals surface area contributed by atoms with Crippen LogP contribution in [-0.4, -0.2) is 63.3 Å². The molecule has 0 aliphatic carbocycles. The van der Waals surface area contributed by atoms with Crippen molar-refractivity contribution in [3.05, 3.63) is 35.4 Å². The summed E-state index contributed by atoms with van der Waals surface area (Å²) >= 11 is 0. The highest BCUT2D eigenvalue weighted by atomic mass is 127. The highest BCUT2D eigenvalue weighted by Gasteiger charge is 2.21. The molecule has 1 atom stereocenters. The van der Waals surface area contributed by atoms with E-state index >= 15 is 0 Å². The first-order valence-corrected chi connectivity index (χ1v) is 9.20. The average Bonchev–Trinajstić information content (AvgIpc) is 2.60. The summed E-state index contributed by atoms with van der Waals surface area (Å²) in [6.07, 6.45) is 0.494. The molecule has 154 valence electrons. The Morgan fingerprint density at radius 1 is 1.33 bits per heavy atom. The molecule has 5 nitrogen and oxygen atoms in total. The summed E-state index contributed by atoms with van der Waals surface area (Å²) in [5, 5.41) is 6.37. The van der Waals surface area contributed by atoms with E-state index in [0.29, 0.717) is 37.0 Å². The van der Waals surface area contributed by atoms with Crippen LogP contribution in [0.4, 0.5) is 8.78 Å². The van der Waals surface area contributed by atoms with Gasteiger partial charge in [-0.25, -0.2) is 8.78 Å². The molecule has 2 rings (SSSR count). The van der Waals surface area contributed by atoms with Crippen LogP contribution in [0.5, 0.6) is 0 Å². The van der Waals surface area contributed by atoms with Gasteiger partial charge in [0.2, 0.25) is 0 Å². The van der Waals surface area contributed by atoms with Crippen LogP contribution in [0.3, 0.4) is 0 Å². The van der Waals surface area contributed by atoms with Crippen LogP contribution >= 0.6 is 24.0 Å². The van der Waals surface area contributed by atoms with Gasteiger partial charge in [-0.1, -0.05) is 13.8 Å². The van der Waals surface area contributed by atoms with E-state index in [1.807, 2.05) is 0 Å². The number of nitrogens with one attached hydrogen (secondary N) is 2. The smallest absolute Gasteiger partial charge is 0.191 e. The number of ether oxygens (including phenoxy) is 1. The first kappa shape index (κ1) is 24.0. The number of rotatable bonds is 7. The zero-order valence-corrected chi connectivity index (χ0v) is 18.6. The summed E-state index contributed by atoms with van der Waals surface area (Å²) in [5.41, 5.74) is 0.355. The maximum absolute atomic E-state index is 13.6. The molecule has 27 heavy (non-hydrogen) atoms. The monoisotopic (exact) mass is 496 g/mol. The predicted octanol–water partition coefficient (Wildman–Crippen LogP) is 2.65. The Morgan fingerprint density at radius 3 is 2.81 bits per heavy atom. The van der Waals surface area contributed by atoms with Crippen molar-refractivity contribution in [3.8, 4) is 0 Å². The molecule has 0 bridgehead atoms. The fourth-order valence-electron chi connectivity index (χ4n) is 3.07. The molecule has 8 heteroatoms. The van der Waals surface area contributed by atoms with Crippen LogP contribution in [0.15, 0.2) is 23.2 Å². The van der Waals surface area contributed by atoms with Crippen LogP contribution in [0, 0.1) is 17.6 Å². The van der Waals surface area contributed by atoms with Gasteiger partial charge in [0.1, 0.15) is 11.6 Å². The average molecular weight is 496 g/mol. The van der Waals surface area contributed by atoms with Crippen molar-refractivity contribution in [2.24, 2.45) is 10.9 Å². The van der Waals surface area contributed by atoms with E-state index in [4.69, 9.17) is 4.74 Å². The molecule has 2 N–H and O–H groups in total. The van der Waals surface area contributed by atoms with E-state index in [2.05, 4.69) is 34.4 Å². The third-order valence-electron chi connectivity index (χ3n) is 4.26. The number of guanidine groups is 1. The molecule has 0 aromatic heterocycles. The summed E-state index contributed by atoms with van der Waals surface area (Å²) in [7, 11) is 1.69. The Hall–Kier alpha value is -1.00. The predicted molar refractivity (Wildman–Crippen MR) is 116 cm³/mol. The van der Waals surface area contributed by atoms with Gasteiger partial charge in [-0.15, -0.1) is 24.0 Å².